The van der Waals surface area contributed by atoms with Crippen LogP contribution in [0.2, 0.25) is 0 Å². The van der Waals surface area contributed by atoms with Gasteiger partial charge in [-0.15, -0.1) is 0 Å². The number of carbonyl (C=O) groups excluding carboxylic acids is 2. The number of phosphoric ester groups is 1. The second-order valence-electron chi connectivity index (χ2n) is 11.3. The lowest BCUT2D eigenvalue weighted by atomic mass is 9.84. The summed E-state index contributed by atoms with van der Waals surface area (Å²) in [5.41, 5.74) is 8.22. The fraction of sp³-hybridized carbons (Fsp3) is 0.394. The van der Waals surface area contributed by atoms with Crippen molar-refractivity contribution >= 4 is 37.5 Å². The zero-order chi connectivity index (χ0) is 33.5. The van der Waals surface area contributed by atoms with Crippen LogP contribution in [-0.2, 0) is 18.6 Å². The molecule has 2 amide bonds. The van der Waals surface area contributed by atoms with Crippen molar-refractivity contribution in [2.24, 2.45) is 5.92 Å². The molecule has 13 heteroatoms. The Hall–Kier alpha value is -3.38. The van der Waals surface area contributed by atoms with E-state index >= 15 is 0 Å². The van der Waals surface area contributed by atoms with Gasteiger partial charge < -0.3 is 30.9 Å². The van der Waals surface area contributed by atoms with E-state index in [0.29, 0.717) is 38.0 Å². The number of alkyl carbamates (subject to hydrolysis) is 1. The molecule has 2 atom stereocenters. The number of methoxy groups -OCH3 is 1. The molecule has 0 aliphatic heterocycles. The lowest BCUT2D eigenvalue weighted by Gasteiger charge is -2.32. The Morgan fingerprint density at radius 1 is 0.935 bits per heavy atom. The minimum absolute atomic E-state index is 0.160. The Bertz CT molecular complexity index is 1350. The Labute approximate surface area is 275 Å². The Kier molecular flexibility index (Phi) is 15.1. The number of amides is 2. The number of carbonyl (C=O) groups is 2. The summed E-state index contributed by atoms with van der Waals surface area (Å²) in [6.45, 7) is 4.97. The number of nitrogens with two attached hydrogens (primary N) is 1. The second kappa shape index (κ2) is 18.7. The number of nitrogen functional groups attached to an aromatic ring is 1. The van der Waals surface area contributed by atoms with Crippen LogP contribution in [-0.4, -0.2) is 65.0 Å². The zero-order valence-electron chi connectivity index (χ0n) is 26.5. The van der Waals surface area contributed by atoms with Crippen molar-refractivity contribution in [1.29, 1.82) is 0 Å². The van der Waals surface area contributed by atoms with Crippen LogP contribution in [0.15, 0.2) is 89.8 Å². The molecular formula is C33H45N4O7PS. The minimum atomic E-state index is -4.68. The molecular weight excluding hydrogens is 627 g/mol. The average molecular weight is 673 g/mol. The minimum Gasteiger partial charge on any atom is -0.453 e. The van der Waals surface area contributed by atoms with Crippen LogP contribution in [0.5, 0.6) is 0 Å². The van der Waals surface area contributed by atoms with E-state index in [1.165, 1.54) is 19.1 Å². The molecule has 0 aliphatic carbocycles. The van der Waals surface area contributed by atoms with Crippen molar-refractivity contribution in [3.8, 4) is 0 Å². The number of hydrogen-bond donors (Lipinski definition) is 5. The highest BCUT2D eigenvalue weighted by molar-refractivity contribution is 7.97. The molecule has 3 rings (SSSR count). The zero-order valence-corrected chi connectivity index (χ0v) is 28.2. The standard InChI is InChI=1S/C33H45N4O7PS/c1-24(2)22-37(46-29-19-17-27(34)18-20-29)28(23-44-45(40,41)42)16-10-11-21-35-32(38)31(36-33(39)43-3)30(25-12-6-4-7-13-25)26-14-8-5-9-15-26/h4-9,12-15,17-20,24,28,30-31H,10-11,16,21-23,34H2,1-3H3,(H,35,38)(H,36,39)(H2,40,41,42)/t28-,31?/m0/s1. The molecule has 3 aromatic carbocycles. The monoisotopic (exact) mass is 672 g/mol. The smallest absolute Gasteiger partial charge is 0.453 e. The summed E-state index contributed by atoms with van der Waals surface area (Å²) in [5, 5.41) is 5.71. The van der Waals surface area contributed by atoms with Crippen LogP contribution in [0.25, 0.3) is 0 Å². The molecule has 46 heavy (non-hydrogen) atoms. The van der Waals surface area contributed by atoms with E-state index in [1.54, 1.807) is 0 Å². The first-order valence-electron chi connectivity index (χ1n) is 15.2. The Morgan fingerprint density at radius 3 is 2.04 bits per heavy atom. The number of nitrogens with zero attached hydrogens (tertiary/aromatic N) is 1. The molecule has 0 saturated carbocycles. The molecule has 250 valence electrons. The number of rotatable bonds is 18. The molecule has 1 unspecified atom stereocenters. The quantitative estimate of drug-likeness (QED) is 0.0501. The van der Waals surface area contributed by atoms with Gasteiger partial charge in [-0.05, 0) is 66.1 Å². The van der Waals surface area contributed by atoms with Gasteiger partial charge >= 0.3 is 13.9 Å². The van der Waals surface area contributed by atoms with Gasteiger partial charge in [0.05, 0.1) is 13.7 Å². The van der Waals surface area contributed by atoms with Gasteiger partial charge in [0, 0.05) is 35.6 Å². The van der Waals surface area contributed by atoms with Gasteiger partial charge in [-0.25, -0.2) is 13.7 Å². The maximum Gasteiger partial charge on any atom is 0.469 e. The number of unbranched alkanes of at least 4 members (excludes halogenated alkanes) is 1. The third kappa shape index (κ3) is 12.8. The highest BCUT2D eigenvalue weighted by Gasteiger charge is 2.33. The van der Waals surface area contributed by atoms with E-state index in [4.69, 9.17) is 15.0 Å². The fourth-order valence-corrected chi connectivity index (χ4v) is 6.57. The lowest BCUT2D eigenvalue weighted by Crippen LogP contribution is -2.50. The van der Waals surface area contributed by atoms with E-state index in [9.17, 15) is 23.9 Å². The van der Waals surface area contributed by atoms with Gasteiger partial charge in [0.1, 0.15) is 6.04 Å². The normalized spacial score (nSPS) is 13.0. The highest BCUT2D eigenvalue weighted by atomic mass is 32.2. The Morgan fingerprint density at radius 2 is 1.52 bits per heavy atom. The summed E-state index contributed by atoms with van der Waals surface area (Å²) in [6.07, 6.45) is 1.08. The van der Waals surface area contributed by atoms with Gasteiger partial charge in [-0.1, -0.05) is 80.9 Å². The summed E-state index contributed by atoms with van der Waals surface area (Å²) in [6, 6.07) is 25.2. The van der Waals surface area contributed by atoms with Crippen molar-refractivity contribution in [2.75, 3.05) is 32.5 Å². The molecule has 0 radical (unpaired) electrons. The number of anilines is 1. The first-order chi connectivity index (χ1) is 22.0. The van der Waals surface area contributed by atoms with Crippen LogP contribution in [0.3, 0.4) is 0 Å². The van der Waals surface area contributed by atoms with Crippen LogP contribution in [0.4, 0.5) is 10.5 Å². The van der Waals surface area contributed by atoms with Crippen molar-refractivity contribution in [1.82, 2.24) is 14.9 Å². The number of phosphoric acid groups is 1. The third-order valence-electron chi connectivity index (χ3n) is 7.15. The maximum atomic E-state index is 13.6. The first-order valence-corrected chi connectivity index (χ1v) is 17.5. The molecule has 0 aromatic heterocycles. The fourth-order valence-electron chi connectivity index (χ4n) is 4.99. The molecule has 0 aliphatic rings. The molecule has 0 bridgehead atoms. The predicted molar refractivity (Wildman–Crippen MR) is 181 cm³/mol. The molecule has 11 nitrogen and oxygen atoms in total. The highest BCUT2D eigenvalue weighted by Crippen LogP contribution is 2.38. The summed E-state index contributed by atoms with van der Waals surface area (Å²) < 4.78 is 23.5. The summed E-state index contributed by atoms with van der Waals surface area (Å²) in [4.78, 5) is 45.8. The van der Waals surface area contributed by atoms with Crippen molar-refractivity contribution in [3.05, 3.63) is 96.1 Å². The summed E-state index contributed by atoms with van der Waals surface area (Å²) >= 11 is 1.49. The number of hydrogen-bond acceptors (Lipinski definition) is 8. The molecule has 3 aromatic rings. The Balaban J connectivity index is 1.70. The van der Waals surface area contributed by atoms with E-state index in [2.05, 4.69) is 28.8 Å². The predicted octanol–water partition coefficient (Wildman–Crippen LogP) is 5.56. The second-order valence-corrected chi connectivity index (χ2v) is 13.7. The van der Waals surface area contributed by atoms with Gasteiger partial charge in [0.25, 0.3) is 0 Å². The lowest BCUT2D eigenvalue weighted by molar-refractivity contribution is -0.123. The van der Waals surface area contributed by atoms with Crippen molar-refractivity contribution < 1.29 is 33.2 Å². The maximum absolute atomic E-state index is 13.6. The molecule has 0 spiro atoms. The van der Waals surface area contributed by atoms with Crippen molar-refractivity contribution in [2.45, 2.75) is 56.0 Å². The van der Waals surface area contributed by atoms with E-state index < -0.39 is 25.9 Å². The van der Waals surface area contributed by atoms with Crippen molar-refractivity contribution in [3.63, 3.8) is 0 Å². The van der Waals surface area contributed by atoms with E-state index in [0.717, 1.165) is 16.0 Å². The van der Waals surface area contributed by atoms with Gasteiger partial charge in [0.2, 0.25) is 5.91 Å². The SMILES string of the molecule is COC(=O)NC(C(=O)NCCCC[C@@H](COP(=O)(O)O)N(CC(C)C)Sc1ccc(N)cc1)C(c1ccccc1)c1ccccc1. The van der Waals surface area contributed by atoms with Crippen LogP contribution >= 0.6 is 19.8 Å². The third-order valence-corrected chi connectivity index (χ3v) is 8.80. The molecule has 0 heterocycles. The van der Waals surface area contributed by atoms with Gasteiger partial charge in [-0.2, -0.15) is 0 Å². The molecule has 0 fully saturated rings. The first kappa shape index (κ1) is 37.1. The topological polar surface area (TPSA) is 163 Å². The van der Waals surface area contributed by atoms with E-state index in [-0.39, 0.29) is 24.5 Å². The largest absolute Gasteiger partial charge is 0.469 e. The molecule has 6 N–H and O–H groups in total. The van der Waals surface area contributed by atoms with Gasteiger partial charge in [-0.3, -0.25) is 9.32 Å². The van der Waals surface area contributed by atoms with Gasteiger partial charge in [0.15, 0.2) is 0 Å². The number of benzene rings is 3. The summed E-state index contributed by atoms with van der Waals surface area (Å²) in [5.74, 6) is -0.546. The van der Waals surface area contributed by atoms with Crippen LogP contribution in [0.1, 0.15) is 50.2 Å². The average Bonchev–Trinajstić information content (AvgIpc) is 3.03. The van der Waals surface area contributed by atoms with Crippen LogP contribution < -0.4 is 16.4 Å². The molecule has 0 saturated heterocycles. The van der Waals surface area contributed by atoms with E-state index in [1.807, 2.05) is 84.9 Å². The number of ether oxygens (including phenoxy) is 1. The number of nitrogens with one attached hydrogen (secondary N) is 2. The van der Waals surface area contributed by atoms with Crippen LogP contribution in [0, 0.1) is 5.92 Å². The summed E-state index contributed by atoms with van der Waals surface area (Å²) in [7, 11) is -3.43.